The van der Waals surface area contributed by atoms with Crippen LogP contribution in [0.5, 0.6) is 0 Å². The number of imidazole rings is 1. The van der Waals surface area contributed by atoms with E-state index in [1.54, 1.807) is 30.9 Å². The third-order valence-electron chi connectivity index (χ3n) is 3.65. The number of carbonyl (C=O) groups is 1. The molecule has 6 nitrogen and oxygen atoms in total. The topological polar surface area (TPSA) is 73.8 Å². The number of hydrogen-bond donors (Lipinski definition) is 0. The van der Waals surface area contributed by atoms with Crippen molar-refractivity contribution in [2.24, 2.45) is 7.05 Å². The Hall–Kier alpha value is -3.28. The van der Waals surface area contributed by atoms with Gasteiger partial charge in [-0.15, -0.1) is 0 Å². The van der Waals surface area contributed by atoms with Gasteiger partial charge in [-0.2, -0.15) is 0 Å². The zero-order valence-corrected chi connectivity index (χ0v) is 12.3. The van der Waals surface area contributed by atoms with Crippen LogP contribution in [0, 0.1) is 0 Å². The van der Waals surface area contributed by atoms with Gasteiger partial charge in [0.15, 0.2) is 11.9 Å². The summed E-state index contributed by atoms with van der Waals surface area (Å²) in [5, 5.41) is 0. The third-order valence-corrected chi connectivity index (χ3v) is 3.65. The number of carbonyl (C=O) groups excluding carboxylic acids is 1. The highest BCUT2D eigenvalue weighted by molar-refractivity contribution is 5.82. The first-order valence-corrected chi connectivity index (χ1v) is 7.03. The standard InChI is InChI=1S/C17H12N4O2/c1-21-10-18-8-15(21)11-2-3-16-14(7-11)20-17(23-16)12-4-5-19-13(6-12)9-22/h2-10H,1H3. The molecule has 0 unspecified atom stereocenters. The molecule has 0 N–H and O–H groups in total. The molecule has 0 saturated carbocycles. The molecule has 4 rings (SSSR count). The second kappa shape index (κ2) is 5.17. The fourth-order valence-electron chi connectivity index (χ4n) is 2.49. The van der Waals surface area contributed by atoms with Crippen LogP contribution in [0.15, 0.2) is 53.5 Å². The van der Waals surface area contributed by atoms with Gasteiger partial charge in [0.25, 0.3) is 0 Å². The van der Waals surface area contributed by atoms with Crippen LogP contribution >= 0.6 is 0 Å². The van der Waals surface area contributed by atoms with Crippen molar-refractivity contribution < 1.29 is 9.21 Å². The first-order valence-electron chi connectivity index (χ1n) is 7.03. The SMILES string of the molecule is Cn1cncc1-c1ccc2oc(-c3ccnc(C=O)c3)nc2c1. The minimum absolute atomic E-state index is 0.348. The lowest BCUT2D eigenvalue weighted by molar-refractivity contribution is 0.111. The number of hydrogen-bond acceptors (Lipinski definition) is 5. The Morgan fingerprint density at radius 1 is 1.17 bits per heavy atom. The minimum atomic E-state index is 0.348. The van der Waals surface area contributed by atoms with E-state index in [0.717, 1.165) is 22.3 Å². The minimum Gasteiger partial charge on any atom is -0.436 e. The monoisotopic (exact) mass is 304 g/mol. The van der Waals surface area contributed by atoms with Gasteiger partial charge >= 0.3 is 0 Å². The average Bonchev–Trinajstić information content (AvgIpc) is 3.20. The van der Waals surface area contributed by atoms with Crippen LogP contribution in [0.2, 0.25) is 0 Å². The van der Waals surface area contributed by atoms with Crippen molar-refractivity contribution in [3.05, 3.63) is 54.7 Å². The van der Waals surface area contributed by atoms with Gasteiger partial charge in [-0.25, -0.2) is 9.97 Å². The zero-order valence-electron chi connectivity index (χ0n) is 12.3. The summed E-state index contributed by atoms with van der Waals surface area (Å²) in [6.45, 7) is 0. The van der Waals surface area contributed by atoms with E-state index in [2.05, 4.69) is 15.0 Å². The van der Waals surface area contributed by atoms with Crippen molar-refractivity contribution in [2.75, 3.05) is 0 Å². The van der Waals surface area contributed by atoms with Crippen molar-refractivity contribution in [3.8, 4) is 22.7 Å². The van der Waals surface area contributed by atoms with Crippen LogP contribution in [-0.2, 0) is 7.05 Å². The van der Waals surface area contributed by atoms with Crippen molar-refractivity contribution in [1.29, 1.82) is 0 Å². The molecule has 0 radical (unpaired) electrons. The van der Waals surface area contributed by atoms with E-state index in [1.165, 1.54) is 0 Å². The summed E-state index contributed by atoms with van der Waals surface area (Å²) in [6, 6.07) is 9.23. The maximum atomic E-state index is 10.8. The summed E-state index contributed by atoms with van der Waals surface area (Å²) in [5.41, 5.74) is 4.53. The van der Waals surface area contributed by atoms with Gasteiger partial charge in [0.1, 0.15) is 11.2 Å². The predicted octanol–water partition coefficient (Wildman–Crippen LogP) is 3.10. The Labute approximate surface area is 131 Å². The van der Waals surface area contributed by atoms with Crippen LogP contribution < -0.4 is 0 Å². The summed E-state index contributed by atoms with van der Waals surface area (Å²) in [5.74, 6) is 0.465. The Morgan fingerprint density at radius 3 is 2.87 bits per heavy atom. The van der Waals surface area contributed by atoms with Crippen molar-refractivity contribution in [2.45, 2.75) is 0 Å². The maximum Gasteiger partial charge on any atom is 0.227 e. The van der Waals surface area contributed by atoms with E-state index >= 15 is 0 Å². The average molecular weight is 304 g/mol. The highest BCUT2D eigenvalue weighted by Gasteiger charge is 2.11. The van der Waals surface area contributed by atoms with Gasteiger partial charge < -0.3 is 8.98 Å². The van der Waals surface area contributed by atoms with E-state index in [-0.39, 0.29) is 0 Å². The van der Waals surface area contributed by atoms with Crippen molar-refractivity contribution in [3.63, 3.8) is 0 Å². The fraction of sp³-hybridized carbons (Fsp3) is 0.0588. The molecule has 1 aromatic carbocycles. The largest absolute Gasteiger partial charge is 0.436 e. The molecule has 0 aliphatic rings. The van der Waals surface area contributed by atoms with Gasteiger partial charge in [-0.1, -0.05) is 0 Å². The normalized spacial score (nSPS) is 11.0. The first-order chi connectivity index (χ1) is 11.2. The van der Waals surface area contributed by atoms with E-state index < -0.39 is 0 Å². The quantitative estimate of drug-likeness (QED) is 0.544. The van der Waals surface area contributed by atoms with Crippen LogP contribution in [0.1, 0.15) is 10.5 Å². The lowest BCUT2D eigenvalue weighted by Crippen LogP contribution is -1.88. The zero-order chi connectivity index (χ0) is 15.8. The second-order valence-corrected chi connectivity index (χ2v) is 5.18. The number of fused-ring (bicyclic) bond motifs is 1. The van der Waals surface area contributed by atoms with E-state index in [9.17, 15) is 4.79 Å². The first kappa shape index (κ1) is 13.4. The lowest BCUT2D eigenvalue weighted by Gasteiger charge is -2.00. The van der Waals surface area contributed by atoms with E-state index in [4.69, 9.17) is 4.42 Å². The summed E-state index contributed by atoms with van der Waals surface area (Å²) in [7, 11) is 1.94. The summed E-state index contributed by atoms with van der Waals surface area (Å²) >= 11 is 0. The van der Waals surface area contributed by atoms with E-state index in [1.807, 2.05) is 29.8 Å². The third kappa shape index (κ3) is 2.30. The van der Waals surface area contributed by atoms with Crippen molar-refractivity contribution >= 4 is 17.4 Å². The number of aryl methyl sites for hydroxylation is 1. The molecular formula is C17H12N4O2. The maximum absolute atomic E-state index is 10.8. The molecule has 23 heavy (non-hydrogen) atoms. The van der Waals surface area contributed by atoms with Crippen LogP contribution in [0.3, 0.4) is 0 Å². The highest BCUT2D eigenvalue weighted by atomic mass is 16.3. The molecule has 0 fully saturated rings. The number of aromatic nitrogens is 4. The molecule has 4 aromatic rings. The Morgan fingerprint density at radius 2 is 2.09 bits per heavy atom. The molecule has 6 heteroatoms. The fourth-order valence-corrected chi connectivity index (χ4v) is 2.49. The van der Waals surface area contributed by atoms with Crippen LogP contribution in [-0.4, -0.2) is 25.8 Å². The number of nitrogens with zero attached hydrogens (tertiary/aromatic N) is 4. The molecule has 3 aromatic heterocycles. The smallest absolute Gasteiger partial charge is 0.227 e. The summed E-state index contributed by atoms with van der Waals surface area (Å²) in [6.07, 6.45) is 5.83. The molecule has 3 heterocycles. The number of pyridine rings is 1. The van der Waals surface area contributed by atoms with Gasteiger partial charge in [0.05, 0.1) is 18.2 Å². The Kier molecular flexibility index (Phi) is 3.01. The molecule has 0 bridgehead atoms. The molecule has 0 spiro atoms. The van der Waals surface area contributed by atoms with Crippen LogP contribution in [0.4, 0.5) is 0 Å². The number of benzene rings is 1. The van der Waals surface area contributed by atoms with Gasteiger partial charge in [0, 0.05) is 24.4 Å². The molecular weight excluding hydrogens is 292 g/mol. The molecule has 0 atom stereocenters. The molecule has 112 valence electrons. The summed E-state index contributed by atoms with van der Waals surface area (Å²) in [4.78, 5) is 23.4. The Balaban J connectivity index is 1.82. The second-order valence-electron chi connectivity index (χ2n) is 5.18. The molecule has 0 saturated heterocycles. The van der Waals surface area contributed by atoms with Gasteiger partial charge in [0.2, 0.25) is 5.89 Å². The highest BCUT2D eigenvalue weighted by Crippen LogP contribution is 2.28. The number of oxazole rings is 1. The lowest BCUT2D eigenvalue weighted by atomic mass is 10.1. The molecule has 0 aliphatic heterocycles. The predicted molar refractivity (Wildman–Crippen MR) is 84.8 cm³/mol. The van der Waals surface area contributed by atoms with Crippen LogP contribution in [0.25, 0.3) is 33.8 Å². The number of aldehydes is 1. The van der Waals surface area contributed by atoms with Gasteiger partial charge in [-0.3, -0.25) is 9.78 Å². The van der Waals surface area contributed by atoms with Gasteiger partial charge in [-0.05, 0) is 30.3 Å². The Bertz CT molecular complexity index is 1020. The molecule has 0 amide bonds. The van der Waals surface area contributed by atoms with Crippen molar-refractivity contribution in [1.82, 2.24) is 19.5 Å². The van der Waals surface area contributed by atoms with E-state index in [0.29, 0.717) is 23.5 Å². The number of rotatable bonds is 3. The summed E-state index contributed by atoms with van der Waals surface area (Å²) < 4.78 is 7.72. The molecule has 0 aliphatic carbocycles.